The van der Waals surface area contributed by atoms with Crippen LogP contribution in [0.2, 0.25) is 5.02 Å². The topological polar surface area (TPSA) is 54.7 Å². The van der Waals surface area contributed by atoms with Crippen molar-refractivity contribution in [3.8, 4) is 22.4 Å². The van der Waals surface area contributed by atoms with Crippen LogP contribution >= 0.6 is 43.5 Å². The van der Waals surface area contributed by atoms with Gasteiger partial charge in [-0.1, -0.05) is 55.6 Å². The van der Waals surface area contributed by atoms with Gasteiger partial charge in [-0.15, -0.1) is 0 Å². The largest absolute Gasteiger partial charge is 0.382 e. The van der Waals surface area contributed by atoms with Crippen molar-refractivity contribution in [2.24, 2.45) is 0 Å². The lowest BCUT2D eigenvalue weighted by Gasteiger charge is -2.07. The molecular weight excluding hydrogens is 417 g/mol. The monoisotopic (exact) mass is 425 g/mol. The fraction of sp³-hybridized carbons (Fsp3) is 0. The normalized spacial score (nSPS) is 10.8. The highest BCUT2D eigenvalue weighted by atomic mass is 79.9. The van der Waals surface area contributed by atoms with Gasteiger partial charge in [-0.2, -0.15) is 5.10 Å². The molecule has 0 saturated heterocycles. The second kappa shape index (κ2) is 5.83. The number of aromatic amines is 1. The Morgan fingerprint density at radius 2 is 1.76 bits per heavy atom. The molecule has 21 heavy (non-hydrogen) atoms. The zero-order valence-electron chi connectivity index (χ0n) is 10.7. The second-order valence-corrected chi connectivity index (χ2v) is 6.70. The summed E-state index contributed by atoms with van der Waals surface area (Å²) in [6, 6.07) is 13.5. The van der Waals surface area contributed by atoms with Crippen LogP contribution in [0, 0.1) is 0 Å². The van der Waals surface area contributed by atoms with Crippen molar-refractivity contribution < 1.29 is 0 Å². The first-order valence-corrected chi connectivity index (χ1v) is 8.08. The third kappa shape index (κ3) is 2.86. The van der Waals surface area contributed by atoms with Gasteiger partial charge in [-0.3, -0.25) is 5.10 Å². The highest BCUT2D eigenvalue weighted by Crippen LogP contribution is 2.39. The molecule has 0 bridgehead atoms. The van der Waals surface area contributed by atoms with Crippen LogP contribution in [-0.2, 0) is 0 Å². The van der Waals surface area contributed by atoms with Crippen LogP contribution in [-0.4, -0.2) is 10.2 Å². The Bertz CT molecular complexity index is 797. The quantitative estimate of drug-likeness (QED) is 0.567. The van der Waals surface area contributed by atoms with E-state index in [-0.39, 0.29) is 0 Å². The van der Waals surface area contributed by atoms with Gasteiger partial charge in [0.15, 0.2) is 5.82 Å². The summed E-state index contributed by atoms with van der Waals surface area (Å²) in [4.78, 5) is 0. The molecule has 1 aromatic heterocycles. The maximum absolute atomic E-state index is 6.10. The van der Waals surface area contributed by atoms with Crippen molar-refractivity contribution in [2.45, 2.75) is 0 Å². The molecule has 0 fully saturated rings. The number of H-pyrrole nitrogens is 1. The number of nitrogen functional groups attached to an aromatic ring is 1. The van der Waals surface area contributed by atoms with Crippen molar-refractivity contribution in [2.75, 3.05) is 5.73 Å². The summed E-state index contributed by atoms with van der Waals surface area (Å²) < 4.78 is 1.94. The molecule has 3 aromatic rings. The molecule has 0 amide bonds. The number of halogens is 3. The first-order chi connectivity index (χ1) is 10.1. The van der Waals surface area contributed by atoms with E-state index in [4.69, 9.17) is 17.3 Å². The average Bonchev–Trinajstić information content (AvgIpc) is 2.84. The van der Waals surface area contributed by atoms with Crippen LogP contribution in [0.3, 0.4) is 0 Å². The Morgan fingerprint density at radius 1 is 1.05 bits per heavy atom. The van der Waals surface area contributed by atoms with E-state index in [1.165, 1.54) is 0 Å². The van der Waals surface area contributed by atoms with Crippen LogP contribution < -0.4 is 5.73 Å². The number of hydrogen-bond donors (Lipinski definition) is 2. The van der Waals surface area contributed by atoms with Crippen LogP contribution in [0.15, 0.2) is 51.4 Å². The van der Waals surface area contributed by atoms with E-state index < -0.39 is 0 Å². The van der Waals surface area contributed by atoms with Gasteiger partial charge >= 0.3 is 0 Å². The van der Waals surface area contributed by atoms with Crippen molar-refractivity contribution in [1.82, 2.24) is 10.2 Å². The van der Waals surface area contributed by atoms with Crippen LogP contribution in [0.1, 0.15) is 0 Å². The number of hydrogen-bond acceptors (Lipinski definition) is 2. The minimum Gasteiger partial charge on any atom is -0.382 e. The molecule has 0 saturated carbocycles. The summed E-state index contributed by atoms with van der Waals surface area (Å²) in [5.41, 5.74) is 9.65. The first-order valence-electron chi connectivity index (χ1n) is 6.11. The molecule has 0 radical (unpaired) electrons. The molecule has 0 aliphatic heterocycles. The summed E-state index contributed by atoms with van der Waals surface area (Å²) in [5.74, 6) is 0.458. The molecule has 6 heteroatoms. The number of anilines is 1. The summed E-state index contributed by atoms with van der Waals surface area (Å²) in [5, 5.41) is 7.79. The van der Waals surface area contributed by atoms with Gasteiger partial charge < -0.3 is 5.73 Å². The number of nitrogens with two attached hydrogens (primary N) is 1. The third-order valence-electron chi connectivity index (χ3n) is 3.12. The maximum atomic E-state index is 6.10. The molecule has 3 nitrogen and oxygen atoms in total. The number of benzene rings is 2. The van der Waals surface area contributed by atoms with E-state index in [1.54, 1.807) is 0 Å². The molecule has 0 spiro atoms. The average molecular weight is 428 g/mol. The molecule has 0 unspecified atom stereocenters. The lowest BCUT2D eigenvalue weighted by atomic mass is 10.0. The van der Waals surface area contributed by atoms with E-state index in [9.17, 15) is 0 Å². The molecule has 0 atom stereocenters. The zero-order chi connectivity index (χ0) is 15.0. The van der Waals surface area contributed by atoms with Crippen LogP contribution in [0.5, 0.6) is 0 Å². The minimum absolute atomic E-state index is 0.458. The lowest BCUT2D eigenvalue weighted by Crippen LogP contribution is -1.89. The summed E-state index contributed by atoms with van der Waals surface area (Å²) in [6.07, 6.45) is 0. The molecule has 106 valence electrons. The van der Waals surface area contributed by atoms with E-state index in [0.717, 1.165) is 31.3 Å². The van der Waals surface area contributed by atoms with Gasteiger partial charge in [-0.25, -0.2) is 0 Å². The molecule has 1 heterocycles. The number of nitrogens with one attached hydrogen (secondary N) is 1. The smallest absolute Gasteiger partial charge is 0.153 e. The summed E-state index contributed by atoms with van der Waals surface area (Å²) >= 11 is 13.1. The fourth-order valence-electron chi connectivity index (χ4n) is 2.15. The van der Waals surface area contributed by atoms with Crippen molar-refractivity contribution in [3.63, 3.8) is 0 Å². The van der Waals surface area contributed by atoms with Gasteiger partial charge in [0.25, 0.3) is 0 Å². The van der Waals surface area contributed by atoms with E-state index >= 15 is 0 Å². The highest BCUT2D eigenvalue weighted by molar-refractivity contribution is 9.10. The van der Waals surface area contributed by atoms with Crippen molar-refractivity contribution in [3.05, 3.63) is 56.4 Å². The Hall–Kier alpha value is -1.30. The Balaban J connectivity index is 2.21. The predicted molar refractivity (Wildman–Crippen MR) is 94.3 cm³/mol. The van der Waals surface area contributed by atoms with E-state index in [0.29, 0.717) is 10.8 Å². The second-order valence-electron chi connectivity index (χ2n) is 4.49. The van der Waals surface area contributed by atoms with Gasteiger partial charge in [0, 0.05) is 19.5 Å². The Kier molecular flexibility index (Phi) is 4.06. The van der Waals surface area contributed by atoms with Gasteiger partial charge in [0.05, 0.1) is 11.3 Å². The van der Waals surface area contributed by atoms with Gasteiger partial charge in [0.2, 0.25) is 0 Å². The maximum Gasteiger partial charge on any atom is 0.153 e. The molecule has 2 aromatic carbocycles. The molecule has 0 aliphatic rings. The van der Waals surface area contributed by atoms with Gasteiger partial charge in [0.1, 0.15) is 0 Å². The Morgan fingerprint density at radius 3 is 2.48 bits per heavy atom. The van der Waals surface area contributed by atoms with Crippen molar-refractivity contribution >= 4 is 49.3 Å². The highest BCUT2D eigenvalue weighted by Gasteiger charge is 2.17. The zero-order valence-corrected chi connectivity index (χ0v) is 14.6. The van der Waals surface area contributed by atoms with E-state index in [2.05, 4.69) is 42.1 Å². The van der Waals surface area contributed by atoms with E-state index in [1.807, 2.05) is 42.5 Å². The molecular formula is C15H10Br2ClN3. The van der Waals surface area contributed by atoms with Gasteiger partial charge in [-0.05, 0) is 35.9 Å². The number of aromatic nitrogens is 2. The van der Waals surface area contributed by atoms with Crippen LogP contribution in [0.25, 0.3) is 22.4 Å². The number of nitrogens with zero attached hydrogens (tertiary/aromatic N) is 1. The Labute approximate surface area is 143 Å². The molecule has 3 N–H and O–H groups in total. The standard InChI is InChI=1S/C15H10Br2ClN3/c16-9-3-1-8(2-4-9)13-14(20-21-15(13)19)11-7-10(18)5-6-12(11)17/h1-7H,(H3,19,20,21). The van der Waals surface area contributed by atoms with Crippen LogP contribution in [0.4, 0.5) is 5.82 Å². The van der Waals surface area contributed by atoms with Crippen molar-refractivity contribution in [1.29, 1.82) is 0 Å². The summed E-state index contributed by atoms with van der Waals surface area (Å²) in [7, 11) is 0. The number of rotatable bonds is 2. The SMILES string of the molecule is Nc1n[nH]c(-c2cc(Cl)ccc2Br)c1-c1ccc(Br)cc1. The predicted octanol–water partition coefficient (Wildman–Crippen LogP) is 5.50. The minimum atomic E-state index is 0.458. The third-order valence-corrected chi connectivity index (χ3v) is 4.58. The first kappa shape index (κ1) is 14.6. The fourth-order valence-corrected chi connectivity index (χ4v) is 3.03. The molecule has 0 aliphatic carbocycles. The summed E-state index contributed by atoms with van der Waals surface area (Å²) in [6.45, 7) is 0. The lowest BCUT2D eigenvalue weighted by molar-refractivity contribution is 1.10. The molecule has 3 rings (SSSR count).